The van der Waals surface area contributed by atoms with Crippen molar-refractivity contribution in [3.05, 3.63) is 0 Å². The highest BCUT2D eigenvalue weighted by molar-refractivity contribution is 5.66. The predicted molar refractivity (Wildman–Crippen MR) is 67.2 cm³/mol. The molecule has 0 amide bonds. The number of nitrogens with zero attached hydrogens (tertiary/aromatic N) is 1. The zero-order valence-electron chi connectivity index (χ0n) is 11.0. The number of carboxylic acids is 1. The lowest BCUT2D eigenvalue weighted by molar-refractivity contribution is -0.137. The Bertz CT molecular complexity index is 223. The van der Waals surface area contributed by atoms with Crippen molar-refractivity contribution < 1.29 is 14.6 Å². The van der Waals surface area contributed by atoms with Crippen LogP contribution in [-0.4, -0.2) is 47.8 Å². The summed E-state index contributed by atoms with van der Waals surface area (Å²) in [6.45, 7) is 6.97. The highest BCUT2D eigenvalue weighted by atomic mass is 16.5. The molecule has 1 aliphatic heterocycles. The molecule has 0 aliphatic carbocycles. The van der Waals surface area contributed by atoms with Gasteiger partial charge in [0.2, 0.25) is 0 Å². The Morgan fingerprint density at radius 3 is 2.82 bits per heavy atom. The molecule has 1 N–H and O–H groups in total. The Hall–Kier alpha value is -0.610. The number of carboxylic acid groups (broad SMARTS) is 1. The molecule has 1 aliphatic rings. The second-order valence-corrected chi connectivity index (χ2v) is 5.03. The summed E-state index contributed by atoms with van der Waals surface area (Å²) in [6, 6.07) is 1.04. The van der Waals surface area contributed by atoms with Crippen LogP contribution in [0.3, 0.4) is 0 Å². The van der Waals surface area contributed by atoms with Gasteiger partial charge in [-0.15, -0.1) is 0 Å². The molecule has 100 valence electrons. The highest BCUT2D eigenvalue weighted by Crippen LogP contribution is 2.18. The minimum Gasteiger partial charge on any atom is -0.481 e. The molecule has 17 heavy (non-hydrogen) atoms. The number of hydrogen-bond donors (Lipinski definition) is 1. The third kappa shape index (κ3) is 5.50. The number of hydrogen-bond acceptors (Lipinski definition) is 3. The monoisotopic (exact) mass is 243 g/mol. The molecule has 0 aromatic carbocycles. The zero-order valence-corrected chi connectivity index (χ0v) is 11.0. The molecule has 1 heterocycles. The molecule has 0 spiro atoms. The molecule has 0 aromatic rings. The van der Waals surface area contributed by atoms with Crippen LogP contribution in [0.2, 0.25) is 0 Å². The van der Waals surface area contributed by atoms with Crippen LogP contribution in [0.15, 0.2) is 0 Å². The summed E-state index contributed by atoms with van der Waals surface area (Å²) >= 11 is 0. The van der Waals surface area contributed by atoms with E-state index in [0.717, 1.165) is 39.0 Å². The molecule has 4 nitrogen and oxygen atoms in total. The predicted octanol–water partition coefficient (Wildman–Crippen LogP) is 2.13. The minimum absolute atomic E-state index is 0.270. The quantitative estimate of drug-likeness (QED) is 0.776. The van der Waals surface area contributed by atoms with E-state index in [2.05, 4.69) is 18.7 Å². The Morgan fingerprint density at radius 1 is 1.41 bits per heavy atom. The lowest BCUT2D eigenvalue weighted by Gasteiger charge is -2.34. The first kappa shape index (κ1) is 14.5. The van der Waals surface area contributed by atoms with E-state index < -0.39 is 5.97 Å². The van der Waals surface area contributed by atoms with E-state index in [1.165, 1.54) is 6.42 Å². The molecular weight excluding hydrogens is 218 g/mol. The van der Waals surface area contributed by atoms with Gasteiger partial charge in [0.05, 0.1) is 0 Å². The van der Waals surface area contributed by atoms with Crippen LogP contribution in [0.1, 0.15) is 46.0 Å². The summed E-state index contributed by atoms with van der Waals surface area (Å²) in [5, 5.41) is 8.68. The molecule has 0 saturated carbocycles. The molecule has 1 rings (SSSR count). The first-order valence-corrected chi connectivity index (χ1v) is 6.66. The fourth-order valence-electron chi connectivity index (χ4n) is 2.49. The van der Waals surface area contributed by atoms with Crippen LogP contribution in [0.4, 0.5) is 0 Å². The summed E-state index contributed by atoms with van der Waals surface area (Å²) in [5.41, 5.74) is 0. The van der Waals surface area contributed by atoms with Gasteiger partial charge in [-0.1, -0.05) is 0 Å². The van der Waals surface area contributed by atoms with Crippen molar-refractivity contribution in [1.29, 1.82) is 0 Å². The summed E-state index contributed by atoms with van der Waals surface area (Å²) in [4.78, 5) is 13.0. The average Bonchev–Trinajstić information content (AvgIpc) is 2.52. The van der Waals surface area contributed by atoms with Crippen molar-refractivity contribution in [3.63, 3.8) is 0 Å². The van der Waals surface area contributed by atoms with Gasteiger partial charge in [-0.2, -0.15) is 0 Å². The van der Waals surface area contributed by atoms with Crippen LogP contribution in [0, 0.1) is 0 Å². The maximum absolute atomic E-state index is 10.5. The van der Waals surface area contributed by atoms with Crippen molar-refractivity contribution in [1.82, 2.24) is 4.90 Å². The van der Waals surface area contributed by atoms with Gasteiger partial charge in [-0.25, -0.2) is 0 Å². The summed E-state index contributed by atoms with van der Waals surface area (Å²) in [5.74, 6) is -0.696. The zero-order chi connectivity index (χ0) is 12.7. The number of rotatable bonds is 6. The van der Waals surface area contributed by atoms with Crippen LogP contribution in [0.25, 0.3) is 0 Å². The highest BCUT2D eigenvalue weighted by Gasteiger charge is 2.22. The van der Waals surface area contributed by atoms with E-state index in [9.17, 15) is 4.79 Å². The van der Waals surface area contributed by atoms with Crippen molar-refractivity contribution in [3.8, 4) is 0 Å². The van der Waals surface area contributed by atoms with Gasteiger partial charge >= 0.3 is 5.97 Å². The fraction of sp³-hybridized carbons (Fsp3) is 0.923. The van der Waals surface area contributed by atoms with Crippen LogP contribution < -0.4 is 0 Å². The Kier molecular flexibility index (Phi) is 6.52. The maximum atomic E-state index is 10.5. The van der Waals surface area contributed by atoms with Gasteiger partial charge in [0.1, 0.15) is 0 Å². The average molecular weight is 243 g/mol. The van der Waals surface area contributed by atoms with Crippen LogP contribution >= 0.6 is 0 Å². The van der Waals surface area contributed by atoms with Gasteiger partial charge in [0, 0.05) is 31.7 Å². The van der Waals surface area contributed by atoms with Crippen molar-refractivity contribution >= 4 is 5.97 Å². The smallest absolute Gasteiger partial charge is 0.303 e. The van der Waals surface area contributed by atoms with Gasteiger partial charge in [0.25, 0.3) is 0 Å². The fourth-order valence-corrected chi connectivity index (χ4v) is 2.49. The van der Waals surface area contributed by atoms with E-state index >= 15 is 0 Å². The third-order valence-electron chi connectivity index (χ3n) is 3.36. The van der Waals surface area contributed by atoms with Gasteiger partial charge in [-0.3, -0.25) is 9.69 Å². The second kappa shape index (κ2) is 7.67. The first-order chi connectivity index (χ1) is 8.11. The van der Waals surface area contributed by atoms with Crippen molar-refractivity contribution in [2.24, 2.45) is 0 Å². The number of carbonyl (C=O) groups is 1. The largest absolute Gasteiger partial charge is 0.481 e. The molecule has 0 aromatic heterocycles. The normalized spacial score (nSPS) is 21.8. The molecule has 4 heteroatoms. The van der Waals surface area contributed by atoms with Gasteiger partial charge < -0.3 is 9.84 Å². The maximum Gasteiger partial charge on any atom is 0.303 e. The molecular formula is C13H25NO3. The SMILES string of the molecule is CC(C)N(CCCC(=O)O)C1CCCOCC1. The van der Waals surface area contributed by atoms with Crippen molar-refractivity contribution in [2.45, 2.75) is 58.0 Å². The lowest BCUT2D eigenvalue weighted by atomic mass is 10.0. The number of ether oxygens (including phenoxy) is 1. The van der Waals surface area contributed by atoms with E-state index in [-0.39, 0.29) is 6.42 Å². The van der Waals surface area contributed by atoms with E-state index in [1.54, 1.807) is 0 Å². The van der Waals surface area contributed by atoms with Gasteiger partial charge in [0.15, 0.2) is 0 Å². The Balaban J connectivity index is 2.42. The molecule has 0 bridgehead atoms. The Morgan fingerprint density at radius 2 is 2.18 bits per heavy atom. The topological polar surface area (TPSA) is 49.8 Å². The summed E-state index contributed by atoms with van der Waals surface area (Å²) < 4.78 is 5.48. The standard InChI is InChI=1S/C13H25NO3/c1-11(2)14(8-3-6-13(15)16)12-5-4-9-17-10-7-12/h11-12H,3-10H2,1-2H3,(H,15,16). The third-order valence-corrected chi connectivity index (χ3v) is 3.36. The van der Waals surface area contributed by atoms with Crippen LogP contribution in [0.5, 0.6) is 0 Å². The van der Waals surface area contributed by atoms with Crippen molar-refractivity contribution in [2.75, 3.05) is 19.8 Å². The lowest BCUT2D eigenvalue weighted by Crippen LogP contribution is -2.41. The van der Waals surface area contributed by atoms with E-state index in [1.807, 2.05) is 0 Å². The first-order valence-electron chi connectivity index (χ1n) is 6.66. The summed E-state index contributed by atoms with van der Waals surface area (Å²) in [6.07, 6.45) is 4.38. The number of aliphatic carboxylic acids is 1. The second-order valence-electron chi connectivity index (χ2n) is 5.03. The van der Waals surface area contributed by atoms with Crippen LogP contribution in [-0.2, 0) is 9.53 Å². The molecule has 1 unspecified atom stereocenters. The minimum atomic E-state index is -0.696. The Labute approximate surface area is 104 Å². The molecule has 0 radical (unpaired) electrons. The molecule has 1 saturated heterocycles. The summed E-state index contributed by atoms with van der Waals surface area (Å²) in [7, 11) is 0. The van der Waals surface area contributed by atoms with E-state index in [0.29, 0.717) is 12.1 Å². The van der Waals surface area contributed by atoms with E-state index in [4.69, 9.17) is 9.84 Å². The molecule has 1 atom stereocenters. The molecule has 1 fully saturated rings. The van der Waals surface area contributed by atoms with Gasteiger partial charge in [-0.05, 0) is 46.1 Å².